The number of carboxylic acid groups (broad SMARTS) is 1. The van der Waals surface area contributed by atoms with E-state index in [9.17, 15) is 23.1 Å². The fourth-order valence-corrected chi connectivity index (χ4v) is 2.93. The van der Waals surface area contributed by atoms with Crippen molar-refractivity contribution in [2.75, 3.05) is 0 Å². The minimum atomic E-state index is -4.57. The molecule has 2 aromatic carbocycles. The SMILES string of the molecule is [C-]#[N+]c1cc(-c2ccc(C(=O)O)c(O)c2)c2c(c1)cc(C(F)(F)F)n2C. The van der Waals surface area contributed by atoms with Gasteiger partial charge in [-0.1, -0.05) is 6.07 Å². The number of aromatic hydroxyl groups is 1. The topological polar surface area (TPSA) is 66.8 Å². The number of carboxylic acids is 1. The fraction of sp³-hybridized carbons (Fsp3) is 0.111. The Balaban J connectivity index is 2.35. The predicted octanol–water partition coefficient (Wildman–Crippen LogP) is 4.82. The molecule has 0 spiro atoms. The number of aromatic nitrogens is 1. The average molecular weight is 360 g/mol. The summed E-state index contributed by atoms with van der Waals surface area (Å²) in [6.07, 6.45) is -4.57. The van der Waals surface area contributed by atoms with E-state index >= 15 is 0 Å². The molecule has 0 fully saturated rings. The molecule has 1 heterocycles. The number of carbonyl (C=O) groups is 1. The summed E-state index contributed by atoms with van der Waals surface area (Å²) in [6, 6.07) is 7.42. The summed E-state index contributed by atoms with van der Waals surface area (Å²) in [5.74, 6) is -1.84. The highest BCUT2D eigenvalue weighted by molar-refractivity contribution is 5.99. The molecule has 8 heteroatoms. The van der Waals surface area contributed by atoms with E-state index in [1.807, 2.05) is 0 Å². The van der Waals surface area contributed by atoms with Crippen LogP contribution in [0.4, 0.5) is 18.9 Å². The zero-order chi connectivity index (χ0) is 19.2. The number of hydrogen-bond donors (Lipinski definition) is 2. The van der Waals surface area contributed by atoms with Gasteiger partial charge in [-0.25, -0.2) is 9.64 Å². The average Bonchev–Trinajstić information content (AvgIpc) is 2.90. The fourth-order valence-electron chi connectivity index (χ4n) is 2.93. The van der Waals surface area contributed by atoms with Gasteiger partial charge in [-0.2, -0.15) is 13.2 Å². The molecule has 0 atom stereocenters. The first-order valence-corrected chi connectivity index (χ1v) is 7.28. The zero-order valence-electron chi connectivity index (χ0n) is 13.3. The molecule has 0 saturated heterocycles. The third-order valence-electron chi connectivity index (χ3n) is 4.07. The molecule has 1 aromatic heterocycles. The second-order valence-corrected chi connectivity index (χ2v) is 5.67. The number of phenols is 1. The van der Waals surface area contributed by atoms with Crippen molar-refractivity contribution in [1.29, 1.82) is 0 Å². The normalized spacial score (nSPS) is 11.5. The van der Waals surface area contributed by atoms with Crippen molar-refractivity contribution in [3.8, 4) is 16.9 Å². The van der Waals surface area contributed by atoms with E-state index in [4.69, 9.17) is 11.7 Å². The maximum atomic E-state index is 13.2. The minimum absolute atomic E-state index is 0.133. The third kappa shape index (κ3) is 2.73. The zero-order valence-corrected chi connectivity index (χ0v) is 13.3. The van der Waals surface area contributed by atoms with E-state index in [0.29, 0.717) is 11.1 Å². The third-order valence-corrected chi connectivity index (χ3v) is 4.07. The second kappa shape index (κ2) is 5.81. The lowest BCUT2D eigenvalue weighted by molar-refractivity contribution is -0.142. The largest absolute Gasteiger partial charge is 0.507 e. The van der Waals surface area contributed by atoms with E-state index < -0.39 is 23.6 Å². The van der Waals surface area contributed by atoms with Crippen molar-refractivity contribution < 1.29 is 28.2 Å². The minimum Gasteiger partial charge on any atom is -0.507 e. The van der Waals surface area contributed by atoms with E-state index in [1.54, 1.807) is 0 Å². The number of aryl methyl sites for hydroxylation is 1. The van der Waals surface area contributed by atoms with Gasteiger partial charge >= 0.3 is 12.1 Å². The van der Waals surface area contributed by atoms with Gasteiger partial charge in [-0.3, -0.25) is 0 Å². The molecule has 3 aromatic rings. The summed E-state index contributed by atoms with van der Waals surface area (Å²) in [7, 11) is 1.26. The van der Waals surface area contributed by atoms with Crippen LogP contribution in [-0.4, -0.2) is 20.7 Å². The molecule has 0 saturated carbocycles. The van der Waals surface area contributed by atoms with Crippen LogP contribution in [0.3, 0.4) is 0 Å². The molecule has 0 aliphatic heterocycles. The molecule has 0 unspecified atom stereocenters. The molecule has 26 heavy (non-hydrogen) atoms. The molecular formula is C18H11F3N2O3. The van der Waals surface area contributed by atoms with Crippen LogP contribution >= 0.6 is 0 Å². The van der Waals surface area contributed by atoms with Crippen LogP contribution in [0.1, 0.15) is 16.1 Å². The smallest absolute Gasteiger partial charge is 0.431 e. The van der Waals surface area contributed by atoms with E-state index in [2.05, 4.69) is 4.85 Å². The van der Waals surface area contributed by atoms with Crippen molar-refractivity contribution >= 4 is 22.6 Å². The number of alkyl halides is 3. The number of hydrogen-bond acceptors (Lipinski definition) is 2. The summed E-state index contributed by atoms with van der Waals surface area (Å²) >= 11 is 0. The number of halogens is 3. The molecular weight excluding hydrogens is 349 g/mol. The molecule has 2 N–H and O–H groups in total. The first kappa shape index (κ1) is 17.4. The van der Waals surface area contributed by atoms with Crippen LogP contribution in [0.15, 0.2) is 36.4 Å². The standard InChI is InChI=1S/C18H11F3N2O3/c1-22-11-5-10-7-15(18(19,20)21)23(2)16(10)13(8-11)9-3-4-12(17(25)26)14(24)6-9/h3-8,24H,2H3,(H,25,26). The lowest BCUT2D eigenvalue weighted by Gasteiger charge is -2.12. The summed E-state index contributed by atoms with van der Waals surface area (Å²) in [4.78, 5) is 14.3. The Morgan fingerprint density at radius 1 is 1.19 bits per heavy atom. The van der Waals surface area contributed by atoms with Crippen LogP contribution in [0.25, 0.3) is 26.9 Å². The van der Waals surface area contributed by atoms with Gasteiger partial charge in [0.25, 0.3) is 0 Å². The van der Waals surface area contributed by atoms with Crippen LogP contribution in [-0.2, 0) is 13.2 Å². The second-order valence-electron chi connectivity index (χ2n) is 5.67. The Hall–Kier alpha value is -3.47. The molecule has 132 valence electrons. The van der Waals surface area contributed by atoms with Gasteiger partial charge in [0.05, 0.1) is 12.1 Å². The predicted molar refractivity (Wildman–Crippen MR) is 88.2 cm³/mol. The Kier molecular flexibility index (Phi) is 3.88. The van der Waals surface area contributed by atoms with Gasteiger partial charge in [0.15, 0.2) is 5.69 Å². The molecule has 0 aliphatic rings. The highest BCUT2D eigenvalue weighted by Gasteiger charge is 2.35. The van der Waals surface area contributed by atoms with E-state index in [1.165, 1.54) is 25.2 Å². The summed E-state index contributed by atoms with van der Waals surface area (Å²) < 4.78 is 40.6. The van der Waals surface area contributed by atoms with Gasteiger partial charge in [0.1, 0.15) is 17.0 Å². The van der Waals surface area contributed by atoms with Gasteiger partial charge in [0.2, 0.25) is 0 Å². The Labute approximate surface area is 145 Å². The van der Waals surface area contributed by atoms with Gasteiger partial charge < -0.3 is 14.8 Å². The summed E-state index contributed by atoms with van der Waals surface area (Å²) in [6.45, 7) is 7.16. The molecule has 5 nitrogen and oxygen atoms in total. The lowest BCUT2D eigenvalue weighted by Crippen LogP contribution is -2.10. The molecule has 0 bridgehead atoms. The number of aromatic carboxylic acids is 1. The molecule has 0 aliphatic carbocycles. The number of fused-ring (bicyclic) bond motifs is 1. The van der Waals surface area contributed by atoms with Crippen LogP contribution in [0.2, 0.25) is 0 Å². The van der Waals surface area contributed by atoms with Gasteiger partial charge in [-0.05, 0) is 46.8 Å². The lowest BCUT2D eigenvalue weighted by atomic mass is 10.00. The van der Waals surface area contributed by atoms with Crippen molar-refractivity contribution in [3.63, 3.8) is 0 Å². The number of rotatable bonds is 2. The quantitative estimate of drug-likeness (QED) is 0.644. The summed E-state index contributed by atoms with van der Waals surface area (Å²) in [5, 5.41) is 19.1. The van der Waals surface area contributed by atoms with E-state index in [0.717, 1.165) is 22.8 Å². The summed E-state index contributed by atoms with van der Waals surface area (Å²) in [5.41, 5.74) is -0.242. The monoisotopic (exact) mass is 360 g/mol. The highest BCUT2D eigenvalue weighted by atomic mass is 19.4. The molecule has 3 rings (SSSR count). The first-order valence-electron chi connectivity index (χ1n) is 7.28. The maximum absolute atomic E-state index is 13.2. The highest BCUT2D eigenvalue weighted by Crippen LogP contribution is 2.40. The van der Waals surface area contributed by atoms with Gasteiger partial charge in [-0.15, -0.1) is 0 Å². The van der Waals surface area contributed by atoms with Crippen molar-refractivity contribution in [3.05, 3.63) is 59.1 Å². The maximum Gasteiger partial charge on any atom is 0.431 e. The van der Waals surface area contributed by atoms with Crippen molar-refractivity contribution in [2.24, 2.45) is 7.05 Å². The molecule has 0 radical (unpaired) electrons. The van der Waals surface area contributed by atoms with Crippen LogP contribution in [0.5, 0.6) is 5.75 Å². The van der Waals surface area contributed by atoms with Crippen LogP contribution in [0, 0.1) is 6.57 Å². The van der Waals surface area contributed by atoms with Crippen molar-refractivity contribution in [2.45, 2.75) is 6.18 Å². The van der Waals surface area contributed by atoms with Gasteiger partial charge in [0, 0.05) is 7.05 Å². The first-order chi connectivity index (χ1) is 12.1. The van der Waals surface area contributed by atoms with Crippen molar-refractivity contribution in [1.82, 2.24) is 4.57 Å². The van der Waals surface area contributed by atoms with Crippen LogP contribution < -0.4 is 0 Å². The number of benzene rings is 2. The Morgan fingerprint density at radius 2 is 1.88 bits per heavy atom. The Morgan fingerprint density at radius 3 is 2.42 bits per heavy atom. The number of nitrogens with zero attached hydrogens (tertiary/aromatic N) is 2. The molecule has 0 amide bonds. The Bertz CT molecular complexity index is 1090. The van der Waals surface area contributed by atoms with E-state index in [-0.39, 0.29) is 22.2 Å².